The highest BCUT2D eigenvalue weighted by Crippen LogP contribution is 2.28. The second-order valence-electron chi connectivity index (χ2n) is 5.55. The number of hydrogen-bond acceptors (Lipinski definition) is 6. The molecule has 2 aromatic carbocycles. The van der Waals surface area contributed by atoms with Crippen LogP contribution in [0.3, 0.4) is 0 Å². The van der Waals surface area contributed by atoms with Gasteiger partial charge in [0, 0.05) is 64.6 Å². The second-order valence-corrected chi connectivity index (χ2v) is 7.81. The monoisotopic (exact) mass is 416 g/mol. The molecular weight excluding hydrogens is 392 g/mol. The Kier molecular flexibility index (Phi) is 11.1. The van der Waals surface area contributed by atoms with Crippen LogP contribution in [-0.2, 0) is 3.63 Å². The summed E-state index contributed by atoms with van der Waals surface area (Å²) in [4.78, 5) is 6.28. The van der Waals surface area contributed by atoms with Gasteiger partial charge < -0.3 is 5.32 Å². The molecule has 1 aromatic heterocycles. The van der Waals surface area contributed by atoms with Crippen LogP contribution in [0.4, 0.5) is 0 Å². The molecule has 0 bridgehead atoms. The molecule has 1 N–H and O–H groups in total. The summed E-state index contributed by atoms with van der Waals surface area (Å²) in [6.45, 7) is 3.06. The number of aromatic nitrogens is 1. The van der Waals surface area contributed by atoms with Gasteiger partial charge in [0.05, 0.1) is 0 Å². The van der Waals surface area contributed by atoms with Gasteiger partial charge in [-0.3, -0.25) is 4.98 Å². The summed E-state index contributed by atoms with van der Waals surface area (Å²) in [7, 11) is 0. The average molecular weight is 417 g/mol. The number of rotatable bonds is 8. The molecule has 0 radical (unpaired) electrons. The fraction of sp³-hybridized carbons (Fsp3) is 0.190. The van der Waals surface area contributed by atoms with E-state index in [-0.39, 0.29) is 0 Å². The van der Waals surface area contributed by atoms with Gasteiger partial charge in [-0.1, -0.05) is 42.5 Å². The number of nitrogens with one attached hydrogen (secondary N) is 1. The first-order valence-electron chi connectivity index (χ1n) is 8.65. The molecule has 1 atom stereocenters. The smallest absolute Gasteiger partial charge is 0.0447 e. The van der Waals surface area contributed by atoms with E-state index in [2.05, 4.69) is 35.9 Å². The summed E-state index contributed by atoms with van der Waals surface area (Å²) in [6.07, 6.45) is 3.67. The molecule has 0 saturated carbocycles. The van der Waals surface area contributed by atoms with E-state index >= 15 is 0 Å². The first-order chi connectivity index (χ1) is 13.3. The van der Waals surface area contributed by atoms with Crippen LogP contribution < -0.4 is 5.32 Å². The van der Waals surface area contributed by atoms with Crippen LogP contribution in [0.1, 0.15) is 18.5 Å². The van der Waals surface area contributed by atoms with Crippen molar-refractivity contribution in [2.24, 2.45) is 0 Å². The lowest BCUT2D eigenvalue weighted by Crippen LogP contribution is -2.20. The normalized spacial score (nSPS) is 11.3. The summed E-state index contributed by atoms with van der Waals surface area (Å²) < 4.78 is 5.44. The molecule has 1 unspecified atom stereocenters. The van der Waals surface area contributed by atoms with Crippen molar-refractivity contribution < 1.29 is 3.63 Å². The Morgan fingerprint density at radius 2 is 1.52 bits per heavy atom. The van der Waals surface area contributed by atoms with Gasteiger partial charge in [-0.25, -0.2) is 3.63 Å². The summed E-state index contributed by atoms with van der Waals surface area (Å²) in [5, 5.41) is 3.33. The quantitative estimate of drug-likeness (QED) is 0.344. The highest BCUT2D eigenvalue weighted by Gasteiger charge is 2.01. The molecule has 27 heavy (non-hydrogen) atoms. The number of hydrogen-bond donors (Lipinski definition) is 2. The molecule has 0 aliphatic heterocycles. The molecule has 0 spiro atoms. The first kappa shape index (κ1) is 21.9. The van der Waals surface area contributed by atoms with E-state index in [0.717, 1.165) is 22.1 Å². The maximum atomic E-state index is 5.44. The van der Waals surface area contributed by atoms with Crippen molar-refractivity contribution in [3.05, 3.63) is 90.8 Å². The Morgan fingerprint density at radius 3 is 2.00 bits per heavy atom. The van der Waals surface area contributed by atoms with Gasteiger partial charge in [0.2, 0.25) is 0 Å². The largest absolute Gasteiger partial charge is 0.309 e. The molecule has 0 aliphatic rings. The Balaban J connectivity index is 0.000000199. The van der Waals surface area contributed by atoms with Crippen molar-refractivity contribution in [2.75, 3.05) is 12.3 Å². The van der Waals surface area contributed by atoms with Crippen LogP contribution in [0.15, 0.2) is 95.0 Å². The lowest BCUT2D eigenvalue weighted by Gasteiger charge is -2.12. The minimum absolute atomic E-state index is 0.367. The van der Waals surface area contributed by atoms with Crippen LogP contribution in [0, 0.1) is 0 Å². The Labute approximate surface area is 176 Å². The highest BCUT2D eigenvalue weighted by molar-refractivity contribution is 8.07. The maximum absolute atomic E-state index is 5.44. The molecule has 3 rings (SSSR count). The number of pyridine rings is 1. The van der Waals surface area contributed by atoms with Crippen molar-refractivity contribution in [1.82, 2.24) is 10.3 Å². The maximum Gasteiger partial charge on any atom is 0.0447 e. The average Bonchev–Trinajstić information content (AvgIpc) is 2.75. The zero-order chi connectivity index (χ0) is 19.2. The molecule has 0 saturated heterocycles. The zero-order valence-corrected chi connectivity index (χ0v) is 17.7. The second kappa shape index (κ2) is 13.7. The number of benzene rings is 2. The van der Waals surface area contributed by atoms with Gasteiger partial charge in [-0.15, -0.1) is 0 Å². The lowest BCUT2D eigenvalue weighted by molar-refractivity contribution is 0.600. The first-order valence-corrected chi connectivity index (χ1v) is 10.8. The van der Waals surface area contributed by atoms with Crippen LogP contribution >= 0.6 is 36.7 Å². The SMILES string of the molecule is CC(NCCS)c1cccnc1.c1ccc(SOSc2ccccc2)cc1. The predicted octanol–water partition coefficient (Wildman–Crippen LogP) is 6.08. The van der Waals surface area contributed by atoms with Gasteiger partial charge in [0.25, 0.3) is 0 Å². The lowest BCUT2D eigenvalue weighted by atomic mass is 10.1. The standard InChI is InChI=1S/C12H10OS2.C9H14N2S/c1-3-7-11(8-4-1)14-13-15-12-9-5-2-6-10-12;1-8(11-5-6-12)9-3-2-4-10-7-9/h1-10H;2-4,7-8,11-12H,5-6H2,1H3. The van der Waals surface area contributed by atoms with Crippen molar-refractivity contribution in [3.63, 3.8) is 0 Å². The molecule has 0 fully saturated rings. The van der Waals surface area contributed by atoms with E-state index in [9.17, 15) is 0 Å². The van der Waals surface area contributed by atoms with Gasteiger partial charge in [-0.2, -0.15) is 12.6 Å². The fourth-order valence-electron chi connectivity index (χ4n) is 2.08. The van der Waals surface area contributed by atoms with E-state index in [1.807, 2.05) is 72.9 Å². The molecule has 3 aromatic rings. The molecular formula is C21H24N2OS3. The molecule has 142 valence electrons. The molecule has 0 aliphatic carbocycles. The van der Waals surface area contributed by atoms with E-state index < -0.39 is 0 Å². The van der Waals surface area contributed by atoms with E-state index in [4.69, 9.17) is 3.63 Å². The summed E-state index contributed by atoms with van der Waals surface area (Å²) in [5.74, 6) is 0.866. The minimum atomic E-state index is 0.367. The number of nitrogens with zero attached hydrogens (tertiary/aromatic N) is 1. The molecule has 0 amide bonds. The van der Waals surface area contributed by atoms with Crippen molar-refractivity contribution in [2.45, 2.75) is 22.8 Å². The Morgan fingerprint density at radius 1 is 0.926 bits per heavy atom. The Bertz CT molecular complexity index is 691. The molecule has 1 heterocycles. The third-order valence-corrected chi connectivity index (χ3v) is 5.19. The van der Waals surface area contributed by atoms with Crippen LogP contribution in [0.25, 0.3) is 0 Å². The highest BCUT2D eigenvalue weighted by atomic mass is 32.2. The predicted molar refractivity (Wildman–Crippen MR) is 120 cm³/mol. The van der Waals surface area contributed by atoms with E-state index in [0.29, 0.717) is 6.04 Å². The Hall–Kier alpha value is -1.44. The van der Waals surface area contributed by atoms with Crippen LogP contribution in [0.5, 0.6) is 0 Å². The van der Waals surface area contributed by atoms with Crippen molar-refractivity contribution >= 4 is 36.7 Å². The van der Waals surface area contributed by atoms with Crippen LogP contribution in [0.2, 0.25) is 0 Å². The van der Waals surface area contributed by atoms with Crippen molar-refractivity contribution in [1.29, 1.82) is 0 Å². The third-order valence-electron chi connectivity index (χ3n) is 3.49. The number of thiol groups is 1. The third kappa shape index (κ3) is 9.35. The van der Waals surface area contributed by atoms with Gasteiger partial charge >= 0.3 is 0 Å². The summed E-state index contributed by atoms with van der Waals surface area (Å²) in [5.41, 5.74) is 1.22. The zero-order valence-electron chi connectivity index (χ0n) is 15.2. The fourth-order valence-corrected chi connectivity index (χ4v) is 3.51. The van der Waals surface area contributed by atoms with Gasteiger partial charge in [0.15, 0.2) is 0 Å². The topological polar surface area (TPSA) is 34.2 Å². The van der Waals surface area contributed by atoms with Gasteiger partial charge in [-0.05, 0) is 42.8 Å². The molecule has 3 nitrogen and oxygen atoms in total. The van der Waals surface area contributed by atoms with Gasteiger partial charge in [0.1, 0.15) is 0 Å². The minimum Gasteiger partial charge on any atom is -0.309 e. The molecule has 6 heteroatoms. The van der Waals surface area contributed by atoms with E-state index in [1.165, 1.54) is 29.6 Å². The van der Waals surface area contributed by atoms with Crippen molar-refractivity contribution in [3.8, 4) is 0 Å². The van der Waals surface area contributed by atoms with E-state index in [1.54, 1.807) is 6.20 Å². The summed E-state index contributed by atoms with van der Waals surface area (Å²) in [6, 6.07) is 24.5. The summed E-state index contributed by atoms with van der Waals surface area (Å²) >= 11 is 6.89. The van der Waals surface area contributed by atoms with Crippen LogP contribution in [-0.4, -0.2) is 17.3 Å².